The molecular formula is C21H17F3N4O2S2. The van der Waals surface area contributed by atoms with Crippen LogP contribution in [0.2, 0.25) is 0 Å². The lowest BCUT2D eigenvalue weighted by Gasteiger charge is -2.10. The summed E-state index contributed by atoms with van der Waals surface area (Å²) >= 11 is 2.77. The van der Waals surface area contributed by atoms with E-state index in [0.717, 1.165) is 34.6 Å². The van der Waals surface area contributed by atoms with Crippen molar-refractivity contribution in [3.63, 3.8) is 0 Å². The molecule has 0 aliphatic heterocycles. The zero-order valence-electron chi connectivity index (χ0n) is 16.5. The molecule has 0 aliphatic carbocycles. The summed E-state index contributed by atoms with van der Waals surface area (Å²) in [6.07, 6.45) is -2.31. The molecule has 4 aromatic rings. The van der Waals surface area contributed by atoms with Crippen LogP contribution in [-0.2, 0) is 23.9 Å². The quantitative estimate of drug-likeness (QED) is 0.347. The Morgan fingerprint density at radius 1 is 1.16 bits per heavy atom. The lowest BCUT2D eigenvalue weighted by molar-refractivity contribution is -0.137. The molecule has 0 atom stereocenters. The maximum Gasteiger partial charge on any atom is 0.416 e. The van der Waals surface area contributed by atoms with Crippen molar-refractivity contribution in [1.82, 2.24) is 14.8 Å². The molecule has 1 aromatic carbocycles. The van der Waals surface area contributed by atoms with Crippen LogP contribution < -0.4 is 5.32 Å². The van der Waals surface area contributed by atoms with Crippen molar-refractivity contribution in [2.24, 2.45) is 0 Å². The summed E-state index contributed by atoms with van der Waals surface area (Å²) in [7, 11) is 0. The van der Waals surface area contributed by atoms with Crippen LogP contribution in [0.15, 0.2) is 69.7 Å². The van der Waals surface area contributed by atoms with Crippen LogP contribution in [0.4, 0.5) is 18.9 Å². The maximum absolute atomic E-state index is 12.9. The van der Waals surface area contributed by atoms with Gasteiger partial charge in [0.05, 0.1) is 24.1 Å². The molecule has 1 amide bonds. The molecule has 0 spiro atoms. The maximum atomic E-state index is 12.9. The number of halogens is 3. The van der Waals surface area contributed by atoms with Gasteiger partial charge in [-0.3, -0.25) is 9.36 Å². The number of nitrogens with zero attached hydrogens (tertiary/aromatic N) is 3. The second-order valence-corrected chi connectivity index (χ2v) is 8.71. The molecule has 0 radical (unpaired) electrons. The standard InChI is InChI=1S/C21H17F3N4O2S2/c22-21(23,24)14-4-1-5-15(10-14)25-19(29)13-32-20-27-26-18(11-17-7-3-9-31-17)28(20)12-16-6-2-8-30-16/h1-10H,11-13H2,(H,25,29). The van der Waals surface area contributed by atoms with Crippen molar-refractivity contribution >= 4 is 34.7 Å². The van der Waals surface area contributed by atoms with Crippen molar-refractivity contribution in [2.45, 2.75) is 24.3 Å². The number of thioether (sulfide) groups is 1. The van der Waals surface area contributed by atoms with E-state index >= 15 is 0 Å². The number of benzene rings is 1. The summed E-state index contributed by atoms with van der Waals surface area (Å²) in [5.41, 5.74) is -0.736. The van der Waals surface area contributed by atoms with E-state index in [1.165, 1.54) is 12.1 Å². The van der Waals surface area contributed by atoms with Crippen molar-refractivity contribution in [2.75, 3.05) is 11.1 Å². The van der Waals surface area contributed by atoms with Gasteiger partial charge in [0.25, 0.3) is 0 Å². The van der Waals surface area contributed by atoms with E-state index < -0.39 is 17.6 Å². The van der Waals surface area contributed by atoms with Crippen molar-refractivity contribution in [1.29, 1.82) is 0 Å². The highest BCUT2D eigenvalue weighted by molar-refractivity contribution is 7.99. The lowest BCUT2D eigenvalue weighted by atomic mass is 10.2. The summed E-state index contributed by atoms with van der Waals surface area (Å²) in [5, 5.41) is 13.5. The van der Waals surface area contributed by atoms with Crippen LogP contribution in [-0.4, -0.2) is 26.4 Å². The second kappa shape index (κ2) is 9.61. The molecule has 1 N–H and O–H groups in total. The number of amides is 1. The fourth-order valence-electron chi connectivity index (χ4n) is 2.94. The number of thiophene rings is 1. The van der Waals surface area contributed by atoms with Gasteiger partial charge >= 0.3 is 6.18 Å². The highest BCUT2D eigenvalue weighted by Crippen LogP contribution is 2.30. The number of carbonyl (C=O) groups is 1. The Kier molecular flexibility index (Phi) is 6.66. The number of hydrogen-bond donors (Lipinski definition) is 1. The van der Waals surface area contributed by atoms with E-state index in [1.54, 1.807) is 23.7 Å². The number of furan rings is 1. The summed E-state index contributed by atoms with van der Waals surface area (Å²) < 4.78 is 45.9. The van der Waals surface area contributed by atoms with Gasteiger partial charge in [0.15, 0.2) is 5.16 Å². The molecule has 0 unspecified atom stereocenters. The SMILES string of the molecule is O=C(CSc1nnc(Cc2cccs2)n1Cc1ccco1)Nc1cccc(C(F)(F)F)c1. The minimum atomic E-state index is -4.48. The van der Waals surface area contributed by atoms with Crippen molar-refractivity contribution < 1.29 is 22.4 Å². The van der Waals surface area contributed by atoms with E-state index in [0.29, 0.717) is 23.9 Å². The minimum Gasteiger partial charge on any atom is -0.467 e. The number of anilines is 1. The zero-order chi connectivity index (χ0) is 22.6. The molecule has 0 saturated carbocycles. The van der Waals surface area contributed by atoms with Crippen molar-refractivity contribution in [3.05, 3.63) is 82.2 Å². The number of nitrogens with one attached hydrogen (secondary N) is 1. The molecule has 4 rings (SSSR count). The Labute approximate surface area is 189 Å². The molecule has 3 heterocycles. The topological polar surface area (TPSA) is 73.0 Å². The molecule has 3 aromatic heterocycles. The molecule has 6 nitrogen and oxygen atoms in total. The fraction of sp³-hybridized carbons (Fsp3) is 0.190. The van der Waals surface area contributed by atoms with Crippen LogP contribution in [0.3, 0.4) is 0 Å². The lowest BCUT2D eigenvalue weighted by Crippen LogP contribution is -2.16. The Morgan fingerprint density at radius 3 is 2.75 bits per heavy atom. The molecule has 0 aliphatic rings. The minimum absolute atomic E-state index is 0.0362. The molecular weight excluding hydrogens is 461 g/mol. The van der Waals surface area contributed by atoms with Gasteiger partial charge in [-0.05, 0) is 41.8 Å². The first-order valence-electron chi connectivity index (χ1n) is 9.45. The van der Waals surface area contributed by atoms with Gasteiger partial charge in [-0.2, -0.15) is 13.2 Å². The highest BCUT2D eigenvalue weighted by atomic mass is 32.2. The number of alkyl halides is 3. The third-order valence-corrected chi connectivity index (χ3v) is 6.25. The van der Waals surface area contributed by atoms with Gasteiger partial charge in [-0.1, -0.05) is 23.9 Å². The van der Waals surface area contributed by atoms with Crippen LogP contribution >= 0.6 is 23.1 Å². The molecule has 166 valence electrons. The van der Waals surface area contributed by atoms with Gasteiger partial charge in [-0.25, -0.2) is 0 Å². The molecule has 0 fully saturated rings. The Balaban J connectivity index is 1.45. The molecule has 0 saturated heterocycles. The summed E-state index contributed by atoms with van der Waals surface area (Å²) in [6, 6.07) is 12.1. The molecule has 0 bridgehead atoms. The zero-order valence-corrected chi connectivity index (χ0v) is 18.1. The Morgan fingerprint density at radius 2 is 2.03 bits per heavy atom. The van der Waals surface area contributed by atoms with Crippen LogP contribution in [0, 0.1) is 0 Å². The average Bonchev–Trinajstić information content (AvgIpc) is 3.51. The monoisotopic (exact) mass is 478 g/mol. The van der Waals surface area contributed by atoms with Crippen LogP contribution in [0.1, 0.15) is 22.0 Å². The van der Waals surface area contributed by atoms with Gasteiger partial charge < -0.3 is 9.73 Å². The van der Waals surface area contributed by atoms with Crippen LogP contribution in [0.5, 0.6) is 0 Å². The predicted molar refractivity (Wildman–Crippen MR) is 116 cm³/mol. The summed E-state index contributed by atoms with van der Waals surface area (Å²) in [4.78, 5) is 13.5. The predicted octanol–water partition coefficient (Wildman–Crippen LogP) is 5.32. The highest BCUT2D eigenvalue weighted by Gasteiger charge is 2.30. The van der Waals surface area contributed by atoms with E-state index in [2.05, 4.69) is 15.5 Å². The number of aromatic nitrogens is 3. The van der Waals surface area contributed by atoms with Gasteiger partial charge in [-0.15, -0.1) is 21.5 Å². The third-order valence-electron chi connectivity index (χ3n) is 4.41. The molecule has 32 heavy (non-hydrogen) atoms. The number of rotatable bonds is 8. The first-order chi connectivity index (χ1) is 15.4. The Bertz CT molecular complexity index is 1170. The first-order valence-corrected chi connectivity index (χ1v) is 11.3. The Hall–Kier alpha value is -3.05. The van der Waals surface area contributed by atoms with E-state index in [4.69, 9.17) is 4.42 Å². The second-order valence-electron chi connectivity index (χ2n) is 6.74. The van der Waals surface area contributed by atoms with Crippen molar-refractivity contribution in [3.8, 4) is 0 Å². The number of hydrogen-bond acceptors (Lipinski definition) is 6. The third kappa shape index (κ3) is 5.60. The normalized spacial score (nSPS) is 11.6. The van der Waals surface area contributed by atoms with E-state index in [1.807, 2.05) is 28.1 Å². The summed E-state index contributed by atoms with van der Waals surface area (Å²) in [5.74, 6) is 0.963. The average molecular weight is 479 g/mol. The number of carbonyl (C=O) groups excluding carboxylic acids is 1. The largest absolute Gasteiger partial charge is 0.467 e. The van der Waals surface area contributed by atoms with Gasteiger partial charge in [0, 0.05) is 17.0 Å². The molecule has 11 heteroatoms. The first kappa shape index (κ1) is 22.2. The summed E-state index contributed by atoms with van der Waals surface area (Å²) in [6.45, 7) is 0.401. The fourth-order valence-corrected chi connectivity index (χ4v) is 4.40. The smallest absolute Gasteiger partial charge is 0.416 e. The van der Waals surface area contributed by atoms with Gasteiger partial charge in [0.1, 0.15) is 11.6 Å². The van der Waals surface area contributed by atoms with E-state index in [-0.39, 0.29) is 11.4 Å². The van der Waals surface area contributed by atoms with E-state index in [9.17, 15) is 18.0 Å². The van der Waals surface area contributed by atoms with Gasteiger partial charge in [0.2, 0.25) is 5.91 Å². The van der Waals surface area contributed by atoms with Crippen LogP contribution in [0.25, 0.3) is 0 Å².